The Morgan fingerprint density at radius 1 is 1.12 bits per heavy atom. The highest BCUT2D eigenvalue weighted by Gasteiger charge is 2.30. The Hall–Kier alpha value is -2.53. The van der Waals surface area contributed by atoms with Crippen molar-refractivity contribution >= 4 is 23.4 Å². The number of hydrogen-bond donors (Lipinski definition) is 1. The number of rotatable bonds is 9. The SMILES string of the molecule is CCC(C(=O)NC1CCCCC1)N(Cc1cccc(C)c1)C(=O)COc1ccc(Cl)c(C)c1. The summed E-state index contributed by atoms with van der Waals surface area (Å²) < 4.78 is 5.79. The summed E-state index contributed by atoms with van der Waals surface area (Å²) in [5.41, 5.74) is 3.00. The minimum Gasteiger partial charge on any atom is -0.484 e. The van der Waals surface area contributed by atoms with Crippen molar-refractivity contribution < 1.29 is 14.3 Å². The van der Waals surface area contributed by atoms with Crippen molar-refractivity contribution in [2.75, 3.05) is 6.61 Å². The second-order valence-corrected chi connectivity index (χ2v) is 9.39. The molecule has 0 heterocycles. The van der Waals surface area contributed by atoms with Crippen LogP contribution < -0.4 is 10.1 Å². The summed E-state index contributed by atoms with van der Waals surface area (Å²) in [4.78, 5) is 28.3. The number of aryl methyl sites for hydroxylation is 2. The summed E-state index contributed by atoms with van der Waals surface area (Å²) in [6.45, 7) is 6.09. The van der Waals surface area contributed by atoms with Crippen LogP contribution in [0.25, 0.3) is 0 Å². The number of nitrogens with one attached hydrogen (secondary N) is 1. The fraction of sp³-hybridized carbons (Fsp3) is 0.481. The van der Waals surface area contributed by atoms with Gasteiger partial charge in [0.25, 0.3) is 5.91 Å². The van der Waals surface area contributed by atoms with E-state index in [0.29, 0.717) is 23.7 Å². The lowest BCUT2D eigenvalue weighted by Crippen LogP contribution is -2.52. The van der Waals surface area contributed by atoms with Gasteiger partial charge in [0.2, 0.25) is 5.91 Å². The van der Waals surface area contributed by atoms with Crippen molar-refractivity contribution in [3.05, 3.63) is 64.2 Å². The molecule has 1 saturated carbocycles. The largest absolute Gasteiger partial charge is 0.484 e. The van der Waals surface area contributed by atoms with Crippen LogP contribution in [0, 0.1) is 13.8 Å². The predicted octanol–water partition coefficient (Wildman–Crippen LogP) is 5.59. The molecule has 0 spiro atoms. The minimum atomic E-state index is -0.546. The van der Waals surface area contributed by atoms with E-state index in [4.69, 9.17) is 16.3 Å². The van der Waals surface area contributed by atoms with Crippen LogP contribution in [0.5, 0.6) is 5.75 Å². The van der Waals surface area contributed by atoms with Gasteiger partial charge in [-0.1, -0.05) is 67.6 Å². The number of amides is 2. The Balaban J connectivity index is 1.76. The second-order valence-electron chi connectivity index (χ2n) is 8.98. The number of ether oxygens (including phenoxy) is 1. The minimum absolute atomic E-state index is 0.0762. The van der Waals surface area contributed by atoms with E-state index in [1.807, 2.05) is 45.0 Å². The number of benzene rings is 2. The third kappa shape index (κ3) is 7.23. The molecule has 2 amide bonds. The van der Waals surface area contributed by atoms with Crippen LogP contribution in [0.3, 0.4) is 0 Å². The second kappa shape index (κ2) is 12.1. The quantitative estimate of drug-likeness (QED) is 0.519. The number of hydrogen-bond acceptors (Lipinski definition) is 3. The van der Waals surface area contributed by atoms with E-state index in [1.165, 1.54) is 6.42 Å². The van der Waals surface area contributed by atoms with E-state index < -0.39 is 6.04 Å². The van der Waals surface area contributed by atoms with Crippen LogP contribution in [0.2, 0.25) is 5.02 Å². The monoisotopic (exact) mass is 470 g/mol. The van der Waals surface area contributed by atoms with Crippen LogP contribution in [-0.4, -0.2) is 35.4 Å². The van der Waals surface area contributed by atoms with E-state index >= 15 is 0 Å². The molecule has 1 atom stereocenters. The highest BCUT2D eigenvalue weighted by molar-refractivity contribution is 6.31. The van der Waals surface area contributed by atoms with Crippen LogP contribution in [0.4, 0.5) is 0 Å². The summed E-state index contributed by atoms with van der Waals surface area (Å²) in [6, 6.07) is 13.0. The molecule has 0 saturated heterocycles. The molecule has 5 nitrogen and oxygen atoms in total. The summed E-state index contributed by atoms with van der Waals surface area (Å²) in [5.74, 6) is 0.294. The first-order valence-electron chi connectivity index (χ1n) is 11.9. The first-order valence-corrected chi connectivity index (χ1v) is 12.3. The fourth-order valence-electron chi connectivity index (χ4n) is 4.41. The molecule has 0 aromatic heterocycles. The predicted molar refractivity (Wildman–Crippen MR) is 133 cm³/mol. The van der Waals surface area contributed by atoms with Gasteiger partial charge >= 0.3 is 0 Å². The molecule has 0 radical (unpaired) electrons. The van der Waals surface area contributed by atoms with E-state index in [1.54, 1.807) is 17.0 Å². The highest BCUT2D eigenvalue weighted by Crippen LogP contribution is 2.22. The van der Waals surface area contributed by atoms with Crippen molar-refractivity contribution in [2.24, 2.45) is 0 Å². The van der Waals surface area contributed by atoms with E-state index in [0.717, 1.165) is 42.4 Å². The molecule has 1 aliphatic rings. The Labute approximate surface area is 202 Å². The van der Waals surface area contributed by atoms with Crippen molar-refractivity contribution in [1.82, 2.24) is 10.2 Å². The molecule has 1 unspecified atom stereocenters. The zero-order chi connectivity index (χ0) is 23.8. The Morgan fingerprint density at radius 2 is 1.88 bits per heavy atom. The zero-order valence-corrected chi connectivity index (χ0v) is 20.7. The van der Waals surface area contributed by atoms with Gasteiger partial charge in [-0.25, -0.2) is 0 Å². The third-order valence-electron chi connectivity index (χ3n) is 6.26. The molecule has 0 bridgehead atoms. The van der Waals surface area contributed by atoms with Crippen molar-refractivity contribution in [1.29, 1.82) is 0 Å². The van der Waals surface area contributed by atoms with Gasteiger partial charge in [0.05, 0.1) is 0 Å². The normalized spacial score (nSPS) is 15.0. The average molecular weight is 471 g/mol. The molecule has 2 aromatic carbocycles. The molecule has 178 valence electrons. The van der Waals surface area contributed by atoms with Crippen LogP contribution in [0.15, 0.2) is 42.5 Å². The van der Waals surface area contributed by atoms with E-state index in [2.05, 4.69) is 11.4 Å². The van der Waals surface area contributed by atoms with Gasteiger partial charge in [-0.15, -0.1) is 0 Å². The summed E-state index contributed by atoms with van der Waals surface area (Å²) in [5, 5.41) is 3.85. The first-order chi connectivity index (χ1) is 15.9. The van der Waals surface area contributed by atoms with Gasteiger partial charge in [0.1, 0.15) is 11.8 Å². The van der Waals surface area contributed by atoms with Gasteiger partial charge in [0, 0.05) is 17.6 Å². The standard InChI is InChI=1S/C27H35ClN2O3/c1-4-25(27(32)29-22-11-6-5-7-12-22)30(17-21-10-8-9-19(2)15-21)26(31)18-33-23-13-14-24(28)20(3)16-23/h8-10,13-16,22,25H,4-7,11-12,17-18H2,1-3H3,(H,29,32). The number of halogens is 1. The van der Waals surface area contributed by atoms with Gasteiger partial charge in [-0.2, -0.15) is 0 Å². The Kier molecular flexibility index (Phi) is 9.19. The summed E-state index contributed by atoms with van der Waals surface area (Å²) >= 11 is 6.10. The van der Waals surface area contributed by atoms with Gasteiger partial charge in [0.15, 0.2) is 6.61 Å². The van der Waals surface area contributed by atoms with Gasteiger partial charge in [-0.05, 0) is 62.4 Å². The zero-order valence-electron chi connectivity index (χ0n) is 19.9. The Bertz CT molecular complexity index is 956. The maximum atomic E-state index is 13.3. The van der Waals surface area contributed by atoms with Crippen LogP contribution in [0.1, 0.15) is 62.1 Å². The fourth-order valence-corrected chi connectivity index (χ4v) is 4.52. The molecule has 2 aromatic rings. The maximum absolute atomic E-state index is 13.3. The molecule has 0 aliphatic heterocycles. The smallest absolute Gasteiger partial charge is 0.261 e. The lowest BCUT2D eigenvalue weighted by molar-refractivity contribution is -0.143. The maximum Gasteiger partial charge on any atom is 0.261 e. The average Bonchev–Trinajstić information content (AvgIpc) is 2.80. The van der Waals surface area contributed by atoms with Crippen LogP contribution in [-0.2, 0) is 16.1 Å². The molecule has 1 aliphatic carbocycles. The highest BCUT2D eigenvalue weighted by atomic mass is 35.5. The molecular weight excluding hydrogens is 436 g/mol. The van der Waals surface area contributed by atoms with Crippen LogP contribution >= 0.6 is 11.6 Å². The summed E-state index contributed by atoms with van der Waals surface area (Å²) in [6.07, 6.45) is 6.06. The molecule has 3 rings (SSSR count). The van der Waals surface area contributed by atoms with Crippen molar-refractivity contribution in [3.63, 3.8) is 0 Å². The van der Waals surface area contributed by atoms with Crippen molar-refractivity contribution in [2.45, 2.75) is 77.9 Å². The summed E-state index contributed by atoms with van der Waals surface area (Å²) in [7, 11) is 0. The lowest BCUT2D eigenvalue weighted by Gasteiger charge is -2.32. The number of carbonyl (C=O) groups is 2. The first kappa shape index (κ1) is 25.1. The topological polar surface area (TPSA) is 58.6 Å². The molecule has 33 heavy (non-hydrogen) atoms. The molecular formula is C27H35ClN2O3. The lowest BCUT2D eigenvalue weighted by atomic mass is 9.95. The van der Waals surface area contributed by atoms with E-state index in [9.17, 15) is 9.59 Å². The molecule has 1 N–H and O–H groups in total. The Morgan fingerprint density at radius 3 is 2.55 bits per heavy atom. The number of carbonyl (C=O) groups excluding carboxylic acids is 2. The van der Waals surface area contributed by atoms with Crippen molar-refractivity contribution in [3.8, 4) is 5.75 Å². The number of nitrogens with zero attached hydrogens (tertiary/aromatic N) is 1. The van der Waals surface area contributed by atoms with E-state index in [-0.39, 0.29) is 24.5 Å². The third-order valence-corrected chi connectivity index (χ3v) is 6.69. The molecule has 6 heteroatoms. The van der Waals surface area contributed by atoms with Gasteiger partial charge < -0.3 is 15.0 Å². The molecule has 1 fully saturated rings. The van der Waals surface area contributed by atoms with Gasteiger partial charge in [-0.3, -0.25) is 9.59 Å².